The first-order valence-corrected chi connectivity index (χ1v) is 21.2. The van der Waals surface area contributed by atoms with Crippen LogP contribution in [0.1, 0.15) is 11.1 Å². The normalized spacial score (nSPS) is 12.1. The van der Waals surface area contributed by atoms with Gasteiger partial charge >= 0.3 is 59.1 Å². The van der Waals surface area contributed by atoms with Crippen molar-refractivity contribution in [2.75, 3.05) is 0 Å². The summed E-state index contributed by atoms with van der Waals surface area (Å²) in [6, 6.07) is 30.8. The van der Waals surface area contributed by atoms with Crippen LogP contribution >= 0.6 is 0 Å². The molecule has 0 aliphatic rings. The molecule has 4 N–H and O–H groups in total. The summed E-state index contributed by atoms with van der Waals surface area (Å²) in [6.07, 6.45) is 0. The van der Waals surface area contributed by atoms with Gasteiger partial charge < -0.3 is 20.4 Å². The second-order valence-corrected chi connectivity index (χ2v) is 16.8. The van der Waals surface area contributed by atoms with Crippen LogP contribution in [0.5, 0.6) is 23.0 Å². The zero-order valence-corrected chi connectivity index (χ0v) is 39.9. The molecule has 16 nitrogen and oxygen atoms in total. The molecule has 0 saturated carbocycles. The Kier molecular flexibility index (Phi) is 14.1. The monoisotopic (exact) mass is 912 g/mol. The fourth-order valence-corrected chi connectivity index (χ4v) is 8.41. The van der Waals surface area contributed by atoms with Gasteiger partial charge in [-0.15, -0.1) is 20.5 Å². The number of aromatic hydroxyl groups is 2. The smallest absolute Gasteiger partial charge is 0.872 e. The largest absolute Gasteiger partial charge is 1.00 e. The molecule has 8 rings (SSSR count). The van der Waals surface area contributed by atoms with Gasteiger partial charge in [0.2, 0.25) is 0 Å². The number of azo groups is 3. The van der Waals surface area contributed by atoms with Crippen LogP contribution in [0.2, 0.25) is 0 Å². The van der Waals surface area contributed by atoms with E-state index in [1.165, 1.54) is 24.3 Å². The number of phenols is 2. The van der Waals surface area contributed by atoms with Gasteiger partial charge in [-0.25, -0.2) is 0 Å². The number of nitrogens with zero attached hydrogens (tertiary/aromatic N) is 6. The van der Waals surface area contributed by atoms with Crippen LogP contribution in [0, 0.1) is 13.8 Å². The molecule has 0 bridgehead atoms. The van der Waals surface area contributed by atoms with E-state index in [4.69, 9.17) is 0 Å². The van der Waals surface area contributed by atoms with E-state index in [-0.39, 0.29) is 92.0 Å². The van der Waals surface area contributed by atoms with Gasteiger partial charge in [0.1, 0.15) is 32.7 Å². The first-order valence-electron chi connectivity index (χ1n) is 18.3. The van der Waals surface area contributed by atoms with E-state index in [1.54, 1.807) is 49.4 Å². The van der Waals surface area contributed by atoms with Crippen molar-refractivity contribution in [2.45, 2.75) is 23.6 Å². The van der Waals surface area contributed by atoms with Gasteiger partial charge in [-0.2, -0.15) is 27.1 Å². The molecule has 20 heteroatoms. The number of fused-ring (bicyclic) bond motifs is 3. The Bertz CT molecular complexity index is 3520. The number of aryl methyl sites for hydroxylation is 2. The second-order valence-electron chi connectivity index (χ2n) is 14.0. The van der Waals surface area contributed by atoms with Crippen molar-refractivity contribution in [2.24, 2.45) is 30.7 Å². The molecule has 0 aliphatic heterocycles. The maximum atomic E-state index is 12.6. The van der Waals surface area contributed by atoms with E-state index >= 15 is 0 Å². The summed E-state index contributed by atoms with van der Waals surface area (Å²) in [5, 5.41) is 72.7. The standard InChI is InChI=1S/C44H32N6O10S2.2Na/c1-23-19-25(26-14-16-32(24(2)20-26)46-49-35-21-39(61(55,56)57)29-9-5-11-37(51)41(29)43(35)53)13-15-31(23)45-47-33-17-18-34(28-8-4-3-7-27(28)33)48-50-36-22-40(62(58,59)60)30-10-6-12-38(52)42(30)44(36)54;;/h3-22,51-54H,1-2H3,(H,55,56,57)(H,58,59,60);;/q;2*+1/p-2. The topological polar surface area (TPSA) is 269 Å². The molecular formula is C44H30N6Na2O10S2. The minimum absolute atomic E-state index is 0. The van der Waals surface area contributed by atoms with Gasteiger partial charge in [0, 0.05) is 32.3 Å². The Labute approximate surface area is 409 Å². The van der Waals surface area contributed by atoms with E-state index in [0.717, 1.165) is 41.0 Å². The summed E-state index contributed by atoms with van der Waals surface area (Å²) in [7, 11) is -9.57. The van der Waals surface area contributed by atoms with Crippen molar-refractivity contribution in [3.63, 3.8) is 0 Å². The molecule has 0 aromatic heterocycles. The molecular weight excluding hydrogens is 883 g/mol. The zero-order valence-electron chi connectivity index (χ0n) is 34.3. The Morgan fingerprint density at radius 3 is 1.11 bits per heavy atom. The van der Waals surface area contributed by atoms with Gasteiger partial charge in [0.25, 0.3) is 20.2 Å². The van der Waals surface area contributed by atoms with Gasteiger partial charge in [0.05, 0.1) is 22.7 Å². The van der Waals surface area contributed by atoms with Crippen LogP contribution < -0.4 is 69.3 Å². The van der Waals surface area contributed by atoms with Gasteiger partial charge in [-0.1, -0.05) is 84.3 Å². The van der Waals surface area contributed by atoms with Crippen LogP contribution in [0.15, 0.2) is 162 Å². The fourth-order valence-electron chi connectivity index (χ4n) is 7.00. The molecule has 8 aromatic rings. The average Bonchev–Trinajstić information content (AvgIpc) is 3.22. The number of benzene rings is 8. The van der Waals surface area contributed by atoms with Crippen LogP contribution in [-0.4, -0.2) is 36.2 Å². The minimum Gasteiger partial charge on any atom is -0.872 e. The van der Waals surface area contributed by atoms with Crippen molar-refractivity contribution >= 4 is 86.7 Å². The third kappa shape index (κ3) is 9.43. The first-order chi connectivity index (χ1) is 29.5. The van der Waals surface area contributed by atoms with E-state index in [9.17, 15) is 46.4 Å². The first kappa shape index (κ1) is 47.8. The SMILES string of the molecule is Cc1cc(-c2ccc(N=Nc3ccc(N=Nc4cc(S(=O)(=O)O)c5cccc([O-])c5c4O)c4ccccc34)c(C)c2)ccc1N=Nc1cc(S(=O)(=O)O)c2cccc([O-])c2c1O.[Na+].[Na+]. The molecule has 0 radical (unpaired) electrons. The number of hydrogen-bond donors (Lipinski definition) is 4. The van der Waals surface area contributed by atoms with Crippen LogP contribution in [0.4, 0.5) is 34.1 Å². The predicted octanol–water partition coefficient (Wildman–Crippen LogP) is 4.74. The molecule has 8 aromatic carbocycles. The Hall–Kier alpha value is -5.64. The number of phenolic OH excluding ortho intramolecular Hbond substituents is 2. The maximum absolute atomic E-state index is 12.6. The molecule has 0 amide bonds. The van der Waals surface area contributed by atoms with E-state index in [0.29, 0.717) is 39.1 Å². The fraction of sp³-hybridized carbons (Fsp3) is 0.0455. The van der Waals surface area contributed by atoms with E-state index in [2.05, 4.69) is 30.7 Å². The van der Waals surface area contributed by atoms with Gasteiger partial charge in [-0.05, 0) is 84.6 Å². The number of hydrogen-bond acceptors (Lipinski definition) is 14. The van der Waals surface area contributed by atoms with Crippen LogP contribution in [-0.2, 0) is 20.2 Å². The van der Waals surface area contributed by atoms with Crippen molar-refractivity contribution in [1.82, 2.24) is 0 Å². The predicted molar refractivity (Wildman–Crippen MR) is 228 cm³/mol. The summed E-state index contributed by atoms with van der Waals surface area (Å²) < 4.78 is 68.2. The van der Waals surface area contributed by atoms with E-state index in [1.807, 2.05) is 37.3 Å². The van der Waals surface area contributed by atoms with Crippen molar-refractivity contribution in [3.05, 3.63) is 132 Å². The van der Waals surface area contributed by atoms with Crippen molar-refractivity contribution in [3.8, 4) is 34.1 Å². The molecule has 0 aliphatic carbocycles. The quantitative estimate of drug-likeness (QED) is 0.0878. The van der Waals surface area contributed by atoms with Gasteiger partial charge in [-0.3, -0.25) is 9.11 Å². The zero-order chi connectivity index (χ0) is 44.1. The maximum Gasteiger partial charge on any atom is 1.00 e. The Morgan fingerprint density at radius 1 is 0.422 bits per heavy atom. The third-order valence-electron chi connectivity index (χ3n) is 10.0. The second kappa shape index (κ2) is 18.8. The molecule has 0 atom stereocenters. The average molecular weight is 913 g/mol. The molecule has 0 fully saturated rings. The van der Waals surface area contributed by atoms with Gasteiger partial charge in [0.15, 0.2) is 0 Å². The summed E-state index contributed by atoms with van der Waals surface area (Å²) in [5.74, 6) is -2.48. The van der Waals surface area contributed by atoms with Crippen molar-refractivity contribution in [1.29, 1.82) is 0 Å². The molecule has 0 heterocycles. The van der Waals surface area contributed by atoms with Crippen LogP contribution in [0.3, 0.4) is 0 Å². The Balaban J connectivity index is 0.00000340. The minimum atomic E-state index is -4.80. The third-order valence-corrected chi connectivity index (χ3v) is 11.8. The molecule has 0 spiro atoms. The Morgan fingerprint density at radius 2 is 0.750 bits per heavy atom. The molecule has 64 heavy (non-hydrogen) atoms. The summed E-state index contributed by atoms with van der Waals surface area (Å²) >= 11 is 0. The summed E-state index contributed by atoms with van der Waals surface area (Å²) in [6.45, 7) is 3.67. The van der Waals surface area contributed by atoms with Crippen molar-refractivity contribution < 1.29 is 105 Å². The number of rotatable bonds is 9. The molecule has 0 unspecified atom stereocenters. The van der Waals surface area contributed by atoms with Crippen LogP contribution in [0.25, 0.3) is 43.4 Å². The molecule has 0 saturated heterocycles. The summed E-state index contributed by atoms with van der Waals surface area (Å²) in [5.41, 5.74) is 4.36. The summed E-state index contributed by atoms with van der Waals surface area (Å²) in [4.78, 5) is -1.19. The molecule has 310 valence electrons. The van der Waals surface area contributed by atoms with E-state index < -0.39 is 53.0 Å².